The second-order valence-electron chi connectivity index (χ2n) is 8.50. The maximum absolute atomic E-state index is 12.8. The Morgan fingerprint density at radius 3 is 2.38 bits per heavy atom. The molecule has 0 spiro atoms. The maximum Gasteiger partial charge on any atom is 0.227 e. The lowest BCUT2D eigenvalue weighted by molar-refractivity contribution is -0.130. The van der Waals surface area contributed by atoms with Gasteiger partial charge < -0.3 is 19.1 Å². The number of aromatic nitrogens is 1. The van der Waals surface area contributed by atoms with E-state index in [0.717, 1.165) is 54.5 Å². The molecule has 2 heterocycles. The van der Waals surface area contributed by atoms with Crippen LogP contribution in [0.4, 0.5) is 5.69 Å². The van der Waals surface area contributed by atoms with Gasteiger partial charge in [-0.25, -0.2) is 0 Å². The molecule has 168 valence electrons. The summed E-state index contributed by atoms with van der Waals surface area (Å²) in [7, 11) is 0. The summed E-state index contributed by atoms with van der Waals surface area (Å²) in [5.41, 5.74) is 6.73. The van der Waals surface area contributed by atoms with E-state index in [1.807, 2.05) is 43.0 Å². The summed E-state index contributed by atoms with van der Waals surface area (Å²) in [5, 5.41) is 3.95. The van der Waals surface area contributed by atoms with Crippen molar-refractivity contribution in [3.63, 3.8) is 0 Å². The smallest absolute Gasteiger partial charge is 0.227 e. The van der Waals surface area contributed by atoms with Crippen molar-refractivity contribution >= 4 is 11.6 Å². The minimum absolute atomic E-state index is 0.176. The average Bonchev–Trinajstić information content (AvgIpc) is 3.12. The second kappa shape index (κ2) is 9.47. The van der Waals surface area contributed by atoms with Crippen LogP contribution in [0, 0.1) is 27.7 Å². The van der Waals surface area contributed by atoms with Gasteiger partial charge in [-0.15, -0.1) is 0 Å². The largest absolute Gasteiger partial charge is 0.489 e. The quantitative estimate of drug-likeness (QED) is 0.577. The Morgan fingerprint density at radius 2 is 1.72 bits per heavy atom. The molecule has 6 heteroatoms. The van der Waals surface area contributed by atoms with E-state index >= 15 is 0 Å². The monoisotopic (exact) mass is 433 g/mol. The number of carbonyl (C=O) groups excluding carboxylic acids is 1. The summed E-state index contributed by atoms with van der Waals surface area (Å²) in [6.45, 7) is 11.8. The molecule has 1 aromatic heterocycles. The highest BCUT2D eigenvalue weighted by Gasteiger charge is 2.22. The molecule has 3 aromatic rings. The molecule has 0 atom stereocenters. The lowest BCUT2D eigenvalue weighted by atomic mass is 10.1. The van der Waals surface area contributed by atoms with Crippen LogP contribution in [-0.2, 0) is 17.8 Å². The highest BCUT2D eigenvalue weighted by Crippen LogP contribution is 2.24. The first-order valence-corrected chi connectivity index (χ1v) is 11.1. The summed E-state index contributed by atoms with van der Waals surface area (Å²) in [6.07, 6.45) is 0.410. The lowest BCUT2D eigenvalue weighted by Crippen LogP contribution is -2.49. The van der Waals surface area contributed by atoms with Gasteiger partial charge in [0.15, 0.2) is 0 Å². The van der Waals surface area contributed by atoms with Gasteiger partial charge in [0.2, 0.25) is 5.91 Å². The Bertz CT molecular complexity index is 1060. The van der Waals surface area contributed by atoms with Crippen LogP contribution in [0.2, 0.25) is 0 Å². The third-order valence-corrected chi connectivity index (χ3v) is 6.39. The molecule has 1 aliphatic rings. The number of nitrogens with zero attached hydrogens (tertiary/aromatic N) is 3. The number of piperazine rings is 1. The molecule has 4 rings (SSSR count). The Hall–Kier alpha value is -3.28. The fourth-order valence-corrected chi connectivity index (χ4v) is 4.13. The van der Waals surface area contributed by atoms with E-state index in [4.69, 9.17) is 9.26 Å². The molecule has 6 nitrogen and oxygen atoms in total. The number of aryl methyl sites for hydroxylation is 3. The molecule has 0 bridgehead atoms. The van der Waals surface area contributed by atoms with Crippen LogP contribution >= 0.6 is 0 Å². The van der Waals surface area contributed by atoms with Crippen molar-refractivity contribution in [3.8, 4) is 5.75 Å². The summed E-state index contributed by atoms with van der Waals surface area (Å²) >= 11 is 0. The standard InChI is InChI=1S/C26H31N3O3/c1-18-6-5-7-25(19(18)2)28-12-14-29(15-13-28)26(30)16-22-8-10-23(11-9-22)31-17-24-20(3)27-32-21(24)4/h5-11H,12-17H2,1-4H3. The van der Waals surface area contributed by atoms with Crippen LogP contribution < -0.4 is 9.64 Å². The molecule has 2 aromatic carbocycles. The molecule has 1 fully saturated rings. The van der Waals surface area contributed by atoms with Crippen LogP contribution in [0.3, 0.4) is 0 Å². The molecule has 0 unspecified atom stereocenters. The van der Waals surface area contributed by atoms with Gasteiger partial charge in [0.1, 0.15) is 18.1 Å². The van der Waals surface area contributed by atoms with Crippen LogP contribution in [0.25, 0.3) is 0 Å². The highest BCUT2D eigenvalue weighted by molar-refractivity contribution is 5.79. The predicted octanol–water partition coefficient (Wildman–Crippen LogP) is 4.38. The molecule has 0 radical (unpaired) electrons. The van der Waals surface area contributed by atoms with E-state index in [2.05, 4.69) is 42.1 Å². The molecule has 32 heavy (non-hydrogen) atoms. The molecule has 0 N–H and O–H groups in total. The first-order chi connectivity index (χ1) is 15.4. The van der Waals surface area contributed by atoms with Gasteiger partial charge in [0.25, 0.3) is 0 Å². The lowest BCUT2D eigenvalue weighted by Gasteiger charge is -2.37. The zero-order valence-electron chi connectivity index (χ0n) is 19.4. The van der Waals surface area contributed by atoms with Crippen LogP contribution in [0.1, 0.15) is 33.7 Å². The Morgan fingerprint density at radius 1 is 1.00 bits per heavy atom. The SMILES string of the molecule is Cc1cccc(N2CCN(C(=O)Cc3ccc(OCc4c(C)noc4C)cc3)CC2)c1C. The average molecular weight is 434 g/mol. The fraction of sp³-hybridized carbons (Fsp3) is 0.385. The van der Waals surface area contributed by atoms with Gasteiger partial charge in [-0.1, -0.05) is 29.4 Å². The van der Waals surface area contributed by atoms with Crippen molar-refractivity contribution in [2.24, 2.45) is 0 Å². The van der Waals surface area contributed by atoms with Crippen LogP contribution in [0.15, 0.2) is 47.0 Å². The highest BCUT2D eigenvalue weighted by atomic mass is 16.5. The maximum atomic E-state index is 12.8. The first-order valence-electron chi connectivity index (χ1n) is 11.1. The minimum atomic E-state index is 0.176. The van der Waals surface area contributed by atoms with E-state index in [1.54, 1.807) is 0 Å². The Balaban J connectivity index is 1.28. The third kappa shape index (κ3) is 4.79. The number of ether oxygens (including phenoxy) is 1. The number of hydrogen-bond donors (Lipinski definition) is 0. The number of anilines is 1. The predicted molar refractivity (Wildman–Crippen MR) is 125 cm³/mol. The molecular weight excluding hydrogens is 402 g/mol. The van der Waals surface area contributed by atoms with Gasteiger partial charge in [-0.2, -0.15) is 0 Å². The van der Waals surface area contributed by atoms with E-state index in [0.29, 0.717) is 13.0 Å². The summed E-state index contributed by atoms with van der Waals surface area (Å²) in [5.74, 6) is 1.72. The molecular formula is C26H31N3O3. The zero-order chi connectivity index (χ0) is 22.7. The molecule has 0 saturated carbocycles. The van der Waals surface area contributed by atoms with Crippen molar-refractivity contribution < 1.29 is 14.1 Å². The van der Waals surface area contributed by atoms with Crippen LogP contribution in [0.5, 0.6) is 5.75 Å². The van der Waals surface area contributed by atoms with Gasteiger partial charge in [-0.3, -0.25) is 4.79 Å². The van der Waals surface area contributed by atoms with E-state index in [-0.39, 0.29) is 5.91 Å². The minimum Gasteiger partial charge on any atom is -0.489 e. The van der Waals surface area contributed by atoms with Gasteiger partial charge in [-0.05, 0) is 62.6 Å². The number of hydrogen-bond acceptors (Lipinski definition) is 5. The van der Waals surface area contributed by atoms with Crippen molar-refractivity contribution in [3.05, 3.63) is 76.2 Å². The summed E-state index contributed by atoms with van der Waals surface area (Å²) in [6, 6.07) is 14.2. The number of carbonyl (C=O) groups is 1. The van der Waals surface area contributed by atoms with Gasteiger partial charge in [0, 0.05) is 31.9 Å². The van der Waals surface area contributed by atoms with E-state index in [9.17, 15) is 4.79 Å². The van der Waals surface area contributed by atoms with E-state index < -0.39 is 0 Å². The van der Waals surface area contributed by atoms with Crippen LogP contribution in [-0.4, -0.2) is 42.1 Å². The Kier molecular flexibility index (Phi) is 6.49. The summed E-state index contributed by atoms with van der Waals surface area (Å²) < 4.78 is 11.0. The molecule has 1 amide bonds. The summed E-state index contributed by atoms with van der Waals surface area (Å²) in [4.78, 5) is 17.2. The Labute approximate surface area is 189 Å². The molecule has 1 saturated heterocycles. The second-order valence-corrected chi connectivity index (χ2v) is 8.50. The molecule has 1 aliphatic heterocycles. The van der Waals surface area contributed by atoms with Gasteiger partial charge in [0.05, 0.1) is 17.7 Å². The topological polar surface area (TPSA) is 58.8 Å². The number of amides is 1. The van der Waals surface area contributed by atoms with Crippen molar-refractivity contribution in [1.29, 1.82) is 0 Å². The van der Waals surface area contributed by atoms with E-state index in [1.165, 1.54) is 16.8 Å². The van der Waals surface area contributed by atoms with Crippen molar-refractivity contribution in [2.75, 3.05) is 31.1 Å². The first kappa shape index (κ1) is 21.9. The van der Waals surface area contributed by atoms with Crippen molar-refractivity contribution in [2.45, 2.75) is 40.7 Å². The number of rotatable bonds is 6. The third-order valence-electron chi connectivity index (χ3n) is 6.39. The number of benzene rings is 2. The molecule has 0 aliphatic carbocycles. The normalized spacial score (nSPS) is 14.0. The van der Waals surface area contributed by atoms with Crippen molar-refractivity contribution in [1.82, 2.24) is 10.1 Å². The van der Waals surface area contributed by atoms with Gasteiger partial charge >= 0.3 is 0 Å². The zero-order valence-corrected chi connectivity index (χ0v) is 19.4. The fourth-order valence-electron chi connectivity index (χ4n) is 4.13.